The largest absolute Gasteiger partial charge is 0.491 e. The summed E-state index contributed by atoms with van der Waals surface area (Å²) in [5.74, 6) is 0.881. The molecule has 0 aromatic heterocycles. The van der Waals surface area contributed by atoms with Crippen molar-refractivity contribution in [3.05, 3.63) is 61.7 Å². The zero-order valence-electron chi connectivity index (χ0n) is 11.4. The van der Waals surface area contributed by atoms with Gasteiger partial charge in [-0.25, -0.2) is 0 Å². The first-order valence-electron chi connectivity index (χ1n) is 6.38. The van der Waals surface area contributed by atoms with Crippen LogP contribution in [-0.2, 0) is 9.47 Å². The SMILES string of the molecule is COCOCCOc1ccc([I+]c2ccccc2)cc1. The molecule has 0 fully saturated rings. The Morgan fingerprint density at radius 1 is 0.850 bits per heavy atom. The molecule has 0 heterocycles. The average Bonchev–Trinajstić information content (AvgIpc) is 2.50. The molecule has 0 saturated heterocycles. The highest BCUT2D eigenvalue weighted by Gasteiger charge is 2.14. The van der Waals surface area contributed by atoms with E-state index in [-0.39, 0.29) is 21.2 Å². The molecular weight excluding hydrogens is 367 g/mol. The Bertz CT molecular complexity index is 485. The number of hydrogen-bond acceptors (Lipinski definition) is 3. The summed E-state index contributed by atoms with van der Waals surface area (Å²) in [6.45, 7) is 1.38. The van der Waals surface area contributed by atoms with Crippen LogP contribution >= 0.6 is 0 Å². The van der Waals surface area contributed by atoms with Crippen LogP contribution in [0.4, 0.5) is 0 Å². The molecule has 0 aliphatic carbocycles. The minimum Gasteiger partial charge on any atom is -0.491 e. The summed E-state index contributed by atoms with van der Waals surface area (Å²) in [4.78, 5) is 0. The molecular formula is C16H18IO3+. The van der Waals surface area contributed by atoms with Crippen molar-refractivity contribution in [3.63, 3.8) is 0 Å². The molecule has 4 heteroatoms. The van der Waals surface area contributed by atoms with E-state index in [1.54, 1.807) is 7.11 Å². The fourth-order valence-electron chi connectivity index (χ4n) is 1.56. The van der Waals surface area contributed by atoms with Gasteiger partial charge in [-0.1, -0.05) is 18.2 Å². The van der Waals surface area contributed by atoms with E-state index in [0.717, 1.165) is 5.75 Å². The first-order valence-corrected chi connectivity index (χ1v) is 8.53. The highest BCUT2D eigenvalue weighted by Crippen LogP contribution is 2.07. The van der Waals surface area contributed by atoms with Crippen LogP contribution in [0, 0.1) is 7.14 Å². The molecule has 0 spiro atoms. The maximum Gasteiger partial charge on any atom is 0.357 e. The van der Waals surface area contributed by atoms with Crippen molar-refractivity contribution in [1.82, 2.24) is 0 Å². The zero-order valence-corrected chi connectivity index (χ0v) is 13.6. The van der Waals surface area contributed by atoms with Gasteiger partial charge in [0, 0.05) is 7.11 Å². The summed E-state index contributed by atoms with van der Waals surface area (Å²) in [5, 5.41) is 0. The van der Waals surface area contributed by atoms with E-state index < -0.39 is 0 Å². The van der Waals surface area contributed by atoms with Crippen LogP contribution in [-0.4, -0.2) is 27.1 Å². The second-order valence-electron chi connectivity index (χ2n) is 4.01. The second-order valence-corrected chi connectivity index (χ2v) is 7.04. The maximum absolute atomic E-state index is 5.59. The lowest BCUT2D eigenvalue weighted by Crippen LogP contribution is -3.61. The Morgan fingerprint density at radius 3 is 2.25 bits per heavy atom. The van der Waals surface area contributed by atoms with E-state index in [9.17, 15) is 0 Å². The van der Waals surface area contributed by atoms with Crippen LogP contribution in [0.3, 0.4) is 0 Å². The number of ether oxygens (including phenoxy) is 3. The van der Waals surface area contributed by atoms with Crippen LogP contribution in [0.5, 0.6) is 5.75 Å². The first-order chi connectivity index (χ1) is 9.88. The second kappa shape index (κ2) is 8.94. The number of methoxy groups -OCH3 is 1. The molecule has 0 amide bonds. The highest BCUT2D eigenvalue weighted by atomic mass is 127. The van der Waals surface area contributed by atoms with Gasteiger partial charge in [-0.3, -0.25) is 0 Å². The molecule has 3 nitrogen and oxygen atoms in total. The van der Waals surface area contributed by atoms with Gasteiger partial charge in [-0.2, -0.15) is 0 Å². The van der Waals surface area contributed by atoms with Crippen molar-refractivity contribution in [2.24, 2.45) is 0 Å². The fraction of sp³-hybridized carbons (Fsp3) is 0.250. The lowest BCUT2D eigenvalue weighted by molar-refractivity contribution is -0.597. The summed E-state index contributed by atoms with van der Waals surface area (Å²) in [6.07, 6.45) is 0. The fourth-order valence-corrected chi connectivity index (χ4v) is 3.77. The normalized spacial score (nSPS) is 10.4. The number of benzene rings is 2. The molecule has 0 N–H and O–H groups in total. The summed E-state index contributed by atoms with van der Waals surface area (Å²) in [6, 6.07) is 18.9. The van der Waals surface area contributed by atoms with Crippen molar-refractivity contribution < 1.29 is 35.4 Å². The average molecular weight is 385 g/mol. The van der Waals surface area contributed by atoms with E-state index in [0.29, 0.717) is 20.0 Å². The monoisotopic (exact) mass is 385 g/mol. The van der Waals surface area contributed by atoms with E-state index in [2.05, 4.69) is 42.5 Å². The van der Waals surface area contributed by atoms with Crippen LogP contribution in [0.1, 0.15) is 0 Å². The van der Waals surface area contributed by atoms with Crippen LogP contribution in [0.25, 0.3) is 0 Å². The third-order valence-electron chi connectivity index (χ3n) is 2.46. The molecule has 0 saturated carbocycles. The van der Waals surface area contributed by atoms with Crippen molar-refractivity contribution in [1.29, 1.82) is 0 Å². The highest BCUT2D eigenvalue weighted by molar-refractivity contribution is 5.20. The summed E-state index contributed by atoms with van der Waals surface area (Å²) in [5.41, 5.74) is 0. The third-order valence-corrected chi connectivity index (χ3v) is 5.15. The number of halogens is 1. The summed E-state index contributed by atoms with van der Waals surface area (Å²) < 4.78 is 18.4. The van der Waals surface area contributed by atoms with E-state index in [4.69, 9.17) is 14.2 Å². The molecule has 0 radical (unpaired) electrons. The molecule has 0 aliphatic rings. The van der Waals surface area contributed by atoms with E-state index in [1.165, 1.54) is 7.14 Å². The van der Waals surface area contributed by atoms with Gasteiger partial charge < -0.3 is 14.2 Å². The van der Waals surface area contributed by atoms with Gasteiger partial charge in [0.15, 0.2) is 7.14 Å². The van der Waals surface area contributed by atoms with Gasteiger partial charge >= 0.3 is 21.2 Å². The van der Waals surface area contributed by atoms with Gasteiger partial charge in [-0.15, -0.1) is 0 Å². The standard InChI is InChI=1S/C16H18IO3/c1-18-13-19-11-12-20-16-9-7-15(8-10-16)17-14-5-3-2-4-6-14/h2-10H,11-13H2,1H3/q+1. The van der Waals surface area contributed by atoms with Gasteiger partial charge in [0.1, 0.15) is 19.1 Å². The Morgan fingerprint density at radius 2 is 1.55 bits per heavy atom. The van der Waals surface area contributed by atoms with Gasteiger partial charge in [0.05, 0.1) is 6.61 Å². The third kappa shape index (κ3) is 5.48. The summed E-state index contributed by atoms with van der Waals surface area (Å²) >= 11 is -0.103. The van der Waals surface area contributed by atoms with Crippen molar-refractivity contribution in [2.45, 2.75) is 0 Å². The van der Waals surface area contributed by atoms with Crippen LogP contribution in [0.15, 0.2) is 54.6 Å². The molecule has 106 valence electrons. The van der Waals surface area contributed by atoms with Crippen molar-refractivity contribution in [3.8, 4) is 5.75 Å². The summed E-state index contributed by atoms with van der Waals surface area (Å²) in [7, 11) is 1.61. The van der Waals surface area contributed by atoms with Crippen molar-refractivity contribution in [2.75, 3.05) is 27.1 Å². The Hall–Kier alpha value is -1.11. The molecule has 2 aromatic carbocycles. The first kappa shape index (κ1) is 15.3. The minimum atomic E-state index is -0.103. The zero-order chi connectivity index (χ0) is 14.0. The van der Waals surface area contributed by atoms with E-state index >= 15 is 0 Å². The molecule has 2 aromatic rings. The Balaban J connectivity index is 1.78. The molecule has 2 rings (SSSR count). The Labute approximate surface area is 130 Å². The number of rotatable bonds is 8. The maximum atomic E-state index is 5.59. The Kier molecular flexibility index (Phi) is 6.83. The smallest absolute Gasteiger partial charge is 0.357 e. The minimum absolute atomic E-state index is 0.103. The topological polar surface area (TPSA) is 27.7 Å². The van der Waals surface area contributed by atoms with Gasteiger partial charge in [0.2, 0.25) is 0 Å². The molecule has 0 aliphatic heterocycles. The van der Waals surface area contributed by atoms with Gasteiger partial charge in [-0.05, 0) is 36.4 Å². The van der Waals surface area contributed by atoms with Crippen molar-refractivity contribution >= 4 is 0 Å². The lowest BCUT2D eigenvalue weighted by atomic mass is 10.3. The molecule has 0 atom stereocenters. The van der Waals surface area contributed by atoms with Crippen LogP contribution < -0.4 is 25.9 Å². The molecule has 0 bridgehead atoms. The van der Waals surface area contributed by atoms with Crippen LogP contribution in [0.2, 0.25) is 0 Å². The van der Waals surface area contributed by atoms with Gasteiger partial charge in [0.25, 0.3) is 0 Å². The predicted octanol–water partition coefficient (Wildman–Crippen LogP) is -0.186. The molecule has 0 unspecified atom stereocenters. The van der Waals surface area contributed by atoms with E-state index in [1.807, 2.05) is 12.1 Å². The lowest BCUT2D eigenvalue weighted by Gasteiger charge is -2.05. The molecule has 20 heavy (non-hydrogen) atoms. The predicted molar refractivity (Wildman–Crippen MR) is 73.6 cm³/mol. The number of hydrogen-bond donors (Lipinski definition) is 0. The quantitative estimate of drug-likeness (QED) is 0.359.